The van der Waals surface area contributed by atoms with Gasteiger partial charge in [-0.15, -0.1) is 4.40 Å². The largest absolute Gasteiger partial charge is 0.311 e. The van der Waals surface area contributed by atoms with E-state index in [1.54, 1.807) is 37.1 Å². The summed E-state index contributed by atoms with van der Waals surface area (Å²) in [4.78, 5) is 13.5. The predicted molar refractivity (Wildman–Crippen MR) is 74.0 cm³/mol. The third-order valence-corrected chi connectivity index (χ3v) is 4.41. The fourth-order valence-electron chi connectivity index (χ4n) is 2.17. The van der Waals surface area contributed by atoms with E-state index in [9.17, 15) is 13.2 Å². The van der Waals surface area contributed by atoms with Crippen LogP contribution in [0.25, 0.3) is 0 Å². The molecule has 0 aromatic heterocycles. The van der Waals surface area contributed by atoms with E-state index in [1.165, 1.54) is 6.07 Å². The number of hydrogen-bond donors (Lipinski definition) is 0. The molecule has 1 amide bonds. The summed E-state index contributed by atoms with van der Waals surface area (Å²) in [5.41, 5.74) is 1.10. The van der Waals surface area contributed by atoms with Gasteiger partial charge in [-0.1, -0.05) is 12.1 Å². The van der Waals surface area contributed by atoms with Crippen LogP contribution in [0.4, 0.5) is 5.69 Å². The molecule has 0 aliphatic carbocycles. The summed E-state index contributed by atoms with van der Waals surface area (Å²) in [5.74, 6) is -0.284. The summed E-state index contributed by atoms with van der Waals surface area (Å²) in [6.45, 7) is 1.71. The summed E-state index contributed by atoms with van der Waals surface area (Å²) >= 11 is 0. The maximum absolute atomic E-state index is 12.2. The SMILES string of the molecule is CC1=NN(C2=NS(=O)(=O)c3ccccc3N2C)C(=O)C1. The lowest BCUT2D eigenvalue weighted by molar-refractivity contribution is -0.125. The minimum atomic E-state index is -3.82. The molecule has 104 valence electrons. The highest BCUT2D eigenvalue weighted by atomic mass is 32.2. The van der Waals surface area contributed by atoms with Crippen LogP contribution in [0.5, 0.6) is 0 Å². The molecule has 2 heterocycles. The topological polar surface area (TPSA) is 82.4 Å². The Kier molecular flexibility index (Phi) is 2.65. The summed E-state index contributed by atoms with van der Waals surface area (Å²) in [6.07, 6.45) is 0.175. The number of para-hydroxylation sites is 1. The van der Waals surface area contributed by atoms with Gasteiger partial charge in [0.05, 0.1) is 12.1 Å². The zero-order valence-corrected chi connectivity index (χ0v) is 11.8. The Morgan fingerprint density at radius 2 is 1.95 bits per heavy atom. The fraction of sp³-hybridized carbons (Fsp3) is 0.250. The van der Waals surface area contributed by atoms with E-state index < -0.39 is 10.0 Å². The molecule has 0 spiro atoms. The Morgan fingerprint density at radius 1 is 1.25 bits per heavy atom. The average molecular weight is 292 g/mol. The lowest BCUT2D eigenvalue weighted by atomic mass is 10.3. The minimum absolute atomic E-state index is 0.00514. The molecule has 0 radical (unpaired) electrons. The second-order valence-electron chi connectivity index (χ2n) is 4.61. The zero-order valence-electron chi connectivity index (χ0n) is 10.9. The van der Waals surface area contributed by atoms with Gasteiger partial charge in [0.15, 0.2) is 0 Å². The quantitative estimate of drug-likeness (QED) is 0.708. The van der Waals surface area contributed by atoms with Crippen molar-refractivity contribution in [3.63, 3.8) is 0 Å². The van der Waals surface area contributed by atoms with Crippen LogP contribution in [0.15, 0.2) is 38.7 Å². The molecule has 0 N–H and O–H groups in total. The van der Waals surface area contributed by atoms with Gasteiger partial charge in [-0.05, 0) is 19.1 Å². The number of anilines is 1. The molecule has 2 aliphatic heterocycles. The van der Waals surface area contributed by atoms with E-state index in [4.69, 9.17) is 0 Å². The van der Waals surface area contributed by atoms with Gasteiger partial charge in [-0.25, -0.2) is 0 Å². The van der Waals surface area contributed by atoms with E-state index in [2.05, 4.69) is 9.50 Å². The normalized spacial score (nSPS) is 20.6. The molecular formula is C12H12N4O3S. The van der Waals surface area contributed by atoms with Gasteiger partial charge in [0, 0.05) is 12.8 Å². The second kappa shape index (κ2) is 4.14. The number of carbonyl (C=O) groups is 1. The van der Waals surface area contributed by atoms with Crippen LogP contribution in [0.3, 0.4) is 0 Å². The van der Waals surface area contributed by atoms with Crippen molar-refractivity contribution < 1.29 is 13.2 Å². The highest BCUT2D eigenvalue weighted by Gasteiger charge is 2.36. The van der Waals surface area contributed by atoms with Gasteiger partial charge >= 0.3 is 0 Å². The second-order valence-corrected chi connectivity index (χ2v) is 6.18. The van der Waals surface area contributed by atoms with Gasteiger partial charge in [0.25, 0.3) is 15.9 Å². The van der Waals surface area contributed by atoms with Crippen molar-refractivity contribution in [2.75, 3.05) is 11.9 Å². The molecule has 0 fully saturated rings. The van der Waals surface area contributed by atoms with E-state index in [0.29, 0.717) is 11.4 Å². The highest BCUT2D eigenvalue weighted by molar-refractivity contribution is 7.90. The van der Waals surface area contributed by atoms with E-state index in [1.807, 2.05) is 0 Å². The molecule has 20 heavy (non-hydrogen) atoms. The number of hydrazone groups is 1. The van der Waals surface area contributed by atoms with Crippen molar-refractivity contribution in [3.8, 4) is 0 Å². The number of sulfonamides is 1. The van der Waals surface area contributed by atoms with Crippen LogP contribution in [0.2, 0.25) is 0 Å². The number of nitrogens with zero attached hydrogens (tertiary/aromatic N) is 4. The summed E-state index contributed by atoms with van der Waals surface area (Å²) in [7, 11) is -2.16. The molecule has 1 aromatic rings. The molecule has 1 aromatic carbocycles. The Hall–Kier alpha value is -2.22. The first-order chi connectivity index (χ1) is 9.40. The summed E-state index contributed by atoms with van der Waals surface area (Å²) in [5, 5.41) is 5.09. The van der Waals surface area contributed by atoms with Gasteiger partial charge in [0.2, 0.25) is 5.96 Å². The molecule has 0 saturated heterocycles. The first-order valence-electron chi connectivity index (χ1n) is 5.95. The van der Waals surface area contributed by atoms with Crippen LogP contribution in [0.1, 0.15) is 13.3 Å². The van der Waals surface area contributed by atoms with Crippen LogP contribution in [-0.2, 0) is 14.8 Å². The number of rotatable bonds is 0. The molecule has 7 nitrogen and oxygen atoms in total. The van der Waals surface area contributed by atoms with Crippen molar-refractivity contribution in [1.82, 2.24) is 5.01 Å². The fourth-order valence-corrected chi connectivity index (χ4v) is 3.40. The number of carbonyl (C=O) groups excluding carboxylic acids is 1. The van der Waals surface area contributed by atoms with Gasteiger partial charge in [-0.2, -0.15) is 18.5 Å². The molecule has 0 unspecified atom stereocenters. The highest BCUT2D eigenvalue weighted by Crippen LogP contribution is 2.31. The zero-order chi connectivity index (χ0) is 14.5. The van der Waals surface area contributed by atoms with Crippen LogP contribution in [-0.4, -0.2) is 38.1 Å². The molecule has 0 saturated carbocycles. The maximum Gasteiger partial charge on any atom is 0.287 e. The molecular weight excluding hydrogens is 280 g/mol. The monoisotopic (exact) mass is 292 g/mol. The Labute approximate surface area is 116 Å². The Balaban J connectivity index is 2.16. The standard InChI is InChI=1S/C12H12N4O3S/c1-8-7-11(17)16(13-8)12-14-20(18,19)10-6-4-3-5-9(10)15(12)2/h3-6H,7H2,1-2H3. The average Bonchev–Trinajstić information content (AvgIpc) is 2.73. The first kappa shape index (κ1) is 12.8. The molecule has 0 atom stereocenters. The number of guanidine groups is 1. The number of amides is 1. The van der Waals surface area contributed by atoms with Gasteiger partial charge in [-0.3, -0.25) is 4.79 Å². The van der Waals surface area contributed by atoms with Crippen LogP contribution < -0.4 is 4.90 Å². The smallest absolute Gasteiger partial charge is 0.287 e. The number of hydrogen-bond acceptors (Lipinski definition) is 5. The lowest BCUT2D eigenvalue weighted by Gasteiger charge is -2.29. The Bertz CT molecular complexity index is 767. The van der Waals surface area contributed by atoms with Crippen LogP contribution >= 0.6 is 0 Å². The van der Waals surface area contributed by atoms with Gasteiger partial charge < -0.3 is 4.90 Å². The first-order valence-corrected chi connectivity index (χ1v) is 7.39. The van der Waals surface area contributed by atoms with Crippen molar-refractivity contribution in [3.05, 3.63) is 24.3 Å². The lowest BCUT2D eigenvalue weighted by Crippen LogP contribution is -2.44. The minimum Gasteiger partial charge on any atom is -0.311 e. The molecule has 8 heteroatoms. The van der Waals surface area contributed by atoms with Crippen molar-refractivity contribution in [2.45, 2.75) is 18.2 Å². The summed E-state index contributed by atoms with van der Waals surface area (Å²) in [6, 6.07) is 6.52. The van der Waals surface area contributed by atoms with E-state index in [0.717, 1.165) is 5.01 Å². The predicted octanol–water partition coefficient (Wildman–Crippen LogP) is 0.789. The third-order valence-electron chi connectivity index (χ3n) is 3.11. The molecule has 3 rings (SSSR count). The van der Waals surface area contributed by atoms with Crippen LogP contribution in [0, 0.1) is 0 Å². The summed E-state index contributed by atoms with van der Waals surface area (Å²) < 4.78 is 28.1. The molecule has 0 bridgehead atoms. The maximum atomic E-state index is 12.2. The number of fused-ring (bicyclic) bond motifs is 1. The van der Waals surface area contributed by atoms with E-state index in [-0.39, 0.29) is 23.2 Å². The van der Waals surface area contributed by atoms with Gasteiger partial charge in [0.1, 0.15) is 4.90 Å². The third kappa shape index (κ3) is 1.80. The Morgan fingerprint density at radius 3 is 2.60 bits per heavy atom. The van der Waals surface area contributed by atoms with Crippen molar-refractivity contribution >= 4 is 33.3 Å². The van der Waals surface area contributed by atoms with Crippen molar-refractivity contribution in [2.24, 2.45) is 9.50 Å². The van der Waals surface area contributed by atoms with Crippen molar-refractivity contribution in [1.29, 1.82) is 0 Å². The number of benzene rings is 1. The van der Waals surface area contributed by atoms with E-state index >= 15 is 0 Å². The molecule has 2 aliphatic rings.